The highest BCUT2D eigenvalue weighted by atomic mass is 19.1. The van der Waals surface area contributed by atoms with Crippen molar-refractivity contribution >= 4 is 11.6 Å². The number of rotatable bonds is 2. The first-order chi connectivity index (χ1) is 11.5. The summed E-state index contributed by atoms with van der Waals surface area (Å²) >= 11 is 0. The van der Waals surface area contributed by atoms with Gasteiger partial charge in [-0.05, 0) is 30.3 Å². The molecule has 0 spiro atoms. The fraction of sp³-hybridized carbons (Fsp3) is 0.235. The summed E-state index contributed by atoms with van der Waals surface area (Å²) in [6.45, 7) is 1.81. The monoisotopic (exact) mass is 334 g/mol. The van der Waals surface area contributed by atoms with E-state index >= 15 is 0 Å². The predicted molar refractivity (Wildman–Crippen MR) is 84.2 cm³/mol. The summed E-state index contributed by atoms with van der Waals surface area (Å²) in [5, 5.41) is 18.7. The van der Waals surface area contributed by atoms with Gasteiger partial charge in [0.2, 0.25) is 0 Å². The third-order valence-corrected chi connectivity index (χ3v) is 4.05. The van der Waals surface area contributed by atoms with Crippen molar-refractivity contribution in [2.75, 3.05) is 31.1 Å². The predicted octanol–water partition coefficient (Wildman–Crippen LogP) is 2.34. The number of benzene rings is 2. The molecule has 0 atom stereocenters. The molecule has 7 heteroatoms. The number of hydrogen-bond donors (Lipinski definition) is 2. The number of carbonyl (C=O) groups excluding carboxylic acids is 1. The van der Waals surface area contributed by atoms with Gasteiger partial charge in [0.1, 0.15) is 11.6 Å². The van der Waals surface area contributed by atoms with Crippen LogP contribution in [-0.2, 0) is 0 Å². The van der Waals surface area contributed by atoms with Gasteiger partial charge in [-0.3, -0.25) is 4.79 Å². The minimum atomic E-state index is -0.878. The maximum Gasteiger partial charge on any atom is 0.257 e. The maximum absolute atomic E-state index is 13.9. The number of halogens is 2. The van der Waals surface area contributed by atoms with Crippen LogP contribution in [0.4, 0.5) is 14.5 Å². The van der Waals surface area contributed by atoms with E-state index in [-0.39, 0.29) is 11.4 Å². The highest BCUT2D eigenvalue weighted by Crippen LogP contribution is 2.28. The zero-order valence-corrected chi connectivity index (χ0v) is 12.7. The molecular formula is C17H16F2N2O3. The molecule has 0 aromatic heterocycles. The van der Waals surface area contributed by atoms with Crippen LogP contribution in [-0.4, -0.2) is 47.2 Å². The molecule has 0 radical (unpaired) electrons. The normalized spacial score (nSPS) is 14.8. The summed E-state index contributed by atoms with van der Waals surface area (Å²) < 4.78 is 26.8. The second-order valence-electron chi connectivity index (χ2n) is 5.58. The number of hydrogen-bond acceptors (Lipinski definition) is 4. The molecule has 1 saturated heterocycles. The molecule has 1 fully saturated rings. The number of anilines is 1. The van der Waals surface area contributed by atoms with Crippen molar-refractivity contribution in [3.63, 3.8) is 0 Å². The van der Waals surface area contributed by atoms with Crippen LogP contribution in [0.25, 0.3) is 0 Å². The Morgan fingerprint density at radius 2 is 1.50 bits per heavy atom. The summed E-state index contributed by atoms with van der Waals surface area (Å²) in [5.74, 6) is -2.87. The molecular weight excluding hydrogens is 318 g/mol. The van der Waals surface area contributed by atoms with E-state index in [4.69, 9.17) is 0 Å². The van der Waals surface area contributed by atoms with Crippen molar-refractivity contribution in [3.8, 4) is 11.5 Å². The van der Waals surface area contributed by atoms with E-state index in [2.05, 4.69) is 0 Å². The molecule has 1 amide bonds. The molecule has 1 aliphatic heterocycles. The first kappa shape index (κ1) is 16.0. The molecule has 2 aromatic carbocycles. The smallest absolute Gasteiger partial charge is 0.257 e. The molecule has 0 saturated carbocycles. The second-order valence-corrected chi connectivity index (χ2v) is 5.58. The van der Waals surface area contributed by atoms with Gasteiger partial charge < -0.3 is 20.0 Å². The molecule has 0 unspecified atom stereocenters. The van der Waals surface area contributed by atoms with Gasteiger partial charge in [-0.1, -0.05) is 0 Å². The highest BCUT2D eigenvalue weighted by Gasteiger charge is 2.25. The molecule has 2 N–H and O–H groups in total. The van der Waals surface area contributed by atoms with Gasteiger partial charge in [-0.15, -0.1) is 0 Å². The topological polar surface area (TPSA) is 64.0 Å². The Morgan fingerprint density at radius 1 is 0.917 bits per heavy atom. The maximum atomic E-state index is 13.9. The van der Waals surface area contributed by atoms with E-state index in [1.54, 1.807) is 12.1 Å². The first-order valence-electron chi connectivity index (χ1n) is 7.47. The lowest BCUT2D eigenvalue weighted by Crippen LogP contribution is -2.49. The Morgan fingerprint density at radius 3 is 2.12 bits per heavy atom. The zero-order valence-electron chi connectivity index (χ0n) is 12.7. The summed E-state index contributed by atoms with van der Waals surface area (Å²) in [6.07, 6.45) is 0. The highest BCUT2D eigenvalue weighted by molar-refractivity contribution is 5.95. The summed E-state index contributed by atoms with van der Waals surface area (Å²) in [7, 11) is 0. The number of piperazine rings is 1. The lowest BCUT2D eigenvalue weighted by Gasteiger charge is -2.36. The van der Waals surface area contributed by atoms with Gasteiger partial charge in [0.15, 0.2) is 11.5 Å². The zero-order chi connectivity index (χ0) is 17.3. The van der Waals surface area contributed by atoms with Gasteiger partial charge in [0, 0.05) is 37.9 Å². The van der Waals surface area contributed by atoms with E-state index in [1.807, 2.05) is 4.90 Å². The van der Waals surface area contributed by atoms with Crippen molar-refractivity contribution in [2.24, 2.45) is 0 Å². The Bertz CT molecular complexity index is 757. The molecule has 24 heavy (non-hydrogen) atoms. The van der Waals surface area contributed by atoms with Crippen LogP contribution in [0.5, 0.6) is 11.5 Å². The van der Waals surface area contributed by atoms with Gasteiger partial charge in [-0.25, -0.2) is 8.78 Å². The number of amides is 1. The molecule has 3 rings (SSSR count). The lowest BCUT2D eigenvalue weighted by atomic mass is 10.1. The van der Waals surface area contributed by atoms with E-state index in [0.717, 1.165) is 17.8 Å². The Labute approximate surface area is 137 Å². The van der Waals surface area contributed by atoms with Gasteiger partial charge in [0.25, 0.3) is 5.91 Å². The van der Waals surface area contributed by atoms with Crippen LogP contribution in [0.2, 0.25) is 0 Å². The Balaban J connectivity index is 1.69. The van der Waals surface area contributed by atoms with Crippen molar-refractivity contribution in [3.05, 3.63) is 53.6 Å². The quantitative estimate of drug-likeness (QED) is 0.828. The van der Waals surface area contributed by atoms with Gasteiger partial charge >= 0.3 is 0 Å². The SMILES string of the molecule is O=C(c1cc(O)c(O)cc1F)N1CCN(c2ccc(F)cc2)CC1. The van der Waals surface area contributed by atoms with E-state index in [9.17, 15) is 23.8 Å². The lowest BCUT2D eigenvalue weighted by molar-refractivity contribution is 0.0741. The first-order valence-corrected chi connectivity index (χ1v) is 7.47. The Hall–Kier alpha value is -2.83. The fourth-order valence-corrected chi connectivity index (χ4v) is 2.71. The minimum absolute atomic E-state index is 0.277. The van der Waals surface area contributed by atoms with Crippen molar-refractivity contribution in [1.29, 1.82) is 0 Å². The average Bonchev–Trinajstić information content (AvgIpc) is 2.58. The van der Waals surface area contributed by atoms with Crippen LogP contribution < -0.4 is 4.90 Å². The van der Waals surface area contributed by atoms with Crippen molar-refractivity contribution < 1.29 is 23.8 Å². The van der Waals surface area contributed by atoms with Crippen molar-refractivity contribution in [2.45, 2.75) is 0 Å². The number of carbonyl (C=O) groups is 1. The number of aromatic hydroxyl groups is 2. The van der Waals surface area contributed by atoms with Crippen molar-refractivity contribution in [1.82, 2.24) is 4.90 Å². The minimum Gasteiger partial charge on any atom is -0.504 e. The third kappa shape index (κ3) is 3.10. The van der Waals surface area contributed by atoms with Crippen LogP contribution in [0.3, 0.4) is 0 Å². The van der Waals surface area contributed by atoms with Gasteiger partial charge in [-0.2, -0.15) is 0 Å². The van der Waals surface area contributed by atoms with E-state index in [0.29, 0.717) is 26.2 Å². The molecule has 5 nitrogen and oxygen atoms in total. The van der Waals surface area contributed by atoms with E-state index in [1.165, 1.54) is 17.0 Å². The Kier molecular flexibility index (Phi) is 4.24. The largest absolute Gasteiger partial charge is 0.504 e. The standard InChI is InChI=1S/C17H16F2N2O3/c18-11-1-3-12(4-2-11)20-5-7-21(8-6-20)17(24)13-9-15(22)16(23)10-14(13)19/h1-4,9-10,22-23H,5-8H2. The number of phenolic OH excluding ortho intramolecular Hbond substituents is 2. The summed E-state index contributed by atoms with van der Waals surface area (Å²) in [6, 6.07) is 7.74. The van der Waals surface area contributed by atoms with Gasteiger partial charge in [0.05, 0.1) is 5.56 Å². The fourth-order valence-electron chi connectivity index (χ4n) is 2.71. The molecule has 1 heterocycles. The number of phenols is 2. The number of nitrogens with zero attached hydrogens (tertiary/aromatic N) is 2. The molecule has 1 aliphatic rings. The van der Waals surface area contributed by atoms with Crippen LogP contribution in [0.1, 0.15) is 10.4 Å². The molecule has 0 aliphatic carbocycles. The molecule has 2 aromatic rings. The third-order valence-electron chi connectivity index (χ3n) is 4.05. The van der Waals surface area contributed by atoms with Crippen LogP contribution >= 0.6 is 0 Å². The molecule has 0 bridgehead atoms. The average molecular weight is 334 g/mol. The van der Waals surface area contributed by atoms with Crippen LogP contribution in [0.15, 0.2) is 36.4 Å². The summed E-state index contributed by atoms with van der Waals surface area (Å²) in [5.41, 5.74) is 0.581. The van der Waals surface area contributed by atoms with E-state index < -0.39 is 23.2 Å². The molecule has 126 valence electrons. The second kappa shape index (κ2) is 6.35. The van der Waals surface area contributed by atoms with Crippen LogP contribution in [0, 0.1) is 11.6 Å². The summed E-state index contributed by atoms with van der Waals surface area (Å²) in [4.78, 5) is 15.9.